The first-order chi connectivity index (χ1) is 7.84. The Balaban J connectivity index is 1.82. The van der Waals surface area contributed by atoms with Crippen LogP contribution in [0.2, 0.25) is 0 Å². The number of rotatable bonds is 4. The molecule has 0 amide bonds. The predicted molar refractivity (Wildman–Crippen MR) is 60.6 cm³/mol. The first kappa shape index (κ1) is 10.5. The molecule has 0 atom stereocenters. The van der Waals surface area contributed by atoms with Gasteiger partial charge in [0.1, 0.15) is 5.82 Å². The lowest BCUT2D eigenvalue weighted by Gasteiger charge is -2.03. The molecule has 1 aromatic heterocycles. The molecule has 0 saturated heterocycles. The van der Waals surface area contributed by atoms with Gasteiger partial charge in [0.2, 0.25) is 5.95 Å². The van der Waals surface area contributed by atoms with Crippen LogP contribution in [-0.2, 0) is 6.42 Å². The van der Waals surface area contributed by atoms with Crippen molar-refractivity contribution in [3.8, 4) is 0 Å². The largest absolute Gasteiger partial charge is 0.354 e. The van der Waals surface area contributed by atoms with E-state index in [0.29, 0.717) is 5.95 Å². The first-order valence-electron chi connectivity index (χ1n) is 5.10. The number of anilines is 1. The summed E-state index contributed by atoms with van der Waals surface area (Å²) in [7, 11) is 0. The van der Waals surface area contributed by atoms with Crippen LogP contribution >= 0.6 is 0 Å². The Morgan fingerprint density at radius 1 is 1.06 bits per heavy atom. The monoisotopic (exact) mass is 217 g/mol. The van der Waals surface area contributed by atoms with E-state index in [2.05, 4.69) is 15.3 Å². The Morgan fingerprint density at radius 3 is 2.44 bits per heavy atom. The third-order valence-corrected chi connectivity index (χ3v) is 2.18. The van der Waals surface area contributed by atoms with Crippen molar-refractivity contribution in [2.45, 2.75) is 6.42 Å². The number of halogens is 1. The molecule has 0 aliphatic rings. The molecule has 0 saturated carbocycles. The van der Waals surface area contributed by atoms with E-state index >= 15 is 0 Å². The average molecular weight is 217 g/mol. The van der Waals surface area contributed by atoms with Crippen molar-refractivity contribution in [1.29, 1.82) is 0 Å². The van der Waals surface area contributed by atoms with E-state index in [-0.39, 0.29) is 5.82 Å². The summed E-state index contributed by atoms with van der Waals surface area (Å²) in [6.07, 6.45) is 4.19. The van der Waals surface area contributed by atoms with E-state index in [1.807, 2.05) is 0 Å². The molecule has 2 rings (SSSR count). The molecule has 2 aromatic rings. The summed E-state index contributed by atoms with van der Waals surface area (Å²) in [5, 5.41) is 3.09. The van der Waals surface area contributed by atoms with Crippen LogP contribution in [-0.4, -0.2) is 16.5 Å². The molecular weight excluding hydrogens is 205 g/mol. The van der Waals surface area contributed by atoms with E-state index in [1.54, 1.807) is 30.6 Å². The fourth-order valence-corrected chi connectivity index (χ4v) is 1.36. The Labute approximate surface area is 93.4 Å². The maximum Gasteiger partial charge on any atom is 0.222 e. The van der Waals surface area contributed by atoms with Crippen molar-refractivity contribution >= 4 is 5.95 Å². The molecule has 1 N–H and O–H groups in total. The van der Waals surface area contributed by atoms with Crippen LogP contribution in [0.1, 0.15) is 5.56 Å². The van der Waals surface area contributed by atoms with Crippen LogP contribution in [0.25, 0.3) is 0 Å². The normalized spacial score (nSPS) is 10.1. The zero-order valence-corrected chi connectivity index (χ0v) is 8.73. The number of hydrogen-bond acceptors (Lipinski definition) is 3. The summed E-state index contributed by atoms with van der Waals surface area (Å²) in [5.74, 6) is 0.410. The summed E-state index contributed by atoms with van der Waals surface area (Å²) in [4.78, 5) is 8.08. The Kier molecular flexibility index (Phi) is 3.43. The summed E-state index contributed by atoms with van der Waals surface area (Å²) >= 11 is 0. The van der Waals surface area contributed by atoms with Gasteiger partial charge in [0.15, 0.2) is 0 Å². The molecule has 4 heteroatoms. The molecular formula is C12H12FN3. The minimum atomic E-state index is -0.205. The van der Waals surface area contributed by atoms with E-state index in [4.69, 9.17) is 0 Å². The lowest BCUT2D eigenvalue weighted by Crippen LogP contribution is -2.07. The van der Waals surface area contributed by atoms with Gasteiger partial charge >= 0.3 is 0 Å². The highest BCUT2D eigenvalue weighted by Crippen LogP contribution is 2.03. The molecule has 0 bridgehead atoms. The van der Waals surface area contributed by atoms with Crippen molar-refractivity contribution in [1.82, 2.24) is 9.97 Å². The minimum absolute atomic E-state index is 0.205. The van der Waals surface area contributed by atoms with Crippen LogP contribution in [0.4, 0.5) is 10.3 Å². The van der Waals surface area contributed by atoms with Crippen LogP contribution < -0.4 is 5.32 Å². The third-order valence-electron chi connectivity index (χ3n) is 2.18. The molecule has 0 spiro atoms. The molecule has 16 heavy (non-hydrogen) atoms. The second-order valence-electron chi connectivity index (χ2n) is 3.38. The number of benzene rings is 1. The van der Waals surface area contributed by atoms with Crippen molar-refractivity contribution in [2.75, 3.05) is 11.9 Å². The van der Waals surface area contributed by atoms with Gasteiger partial charge < -0.3 is 5.32 Å². The van der Waals surface area contributed by atoms with Gasteiger partial charge in [0, 0.05) is 18.9 Å². The highest BCUT2D eigenvalue weighted by Gasteiger charge is 1.95. The average Bonchev–Trinajstić information content (AvgIpc) is 2.33. The lowest BCUT2D eigenvalue weighted by molar-refractivity contribution is 0.627. The standard InChI is InChI=1S/C12H12FN3/c13-11-4-2-10(3-5-11)6-9-16-12-14-7-1-8-15-12/h1-5,7-8H,6,9H2,(H,14,15,16). The highest BCUT2D eigenvalue weighted by atomic mass is 19.1. The molecule has 3 nitrogen and oxygen atoms in total. The van der Waals surface area contributed by atoms with Gasteiger partial charge in [-0.15, -0.1) is 0 Å². The summed E-state index contributed by atoms with van der Waals surface area (Å²) in [5.41, 5.74) is 1.09. The van der Waals surface area contributed by atoms with Crippen molar-refractivity contribution in [2.24, 2.45) is 0 Å². The molecule has 0 fully saturated rings. The third kappa shape index (κ3) is 3.02. The van der Waals surface area contributed by atoms with Gasteiger partial charge in [0.25, 0.3) is 0 Å². The van der Waals surface area contributed by atoms with Gasteiger partial charge in [0.05, 0.1) is 0 Å². The SMILES string of the molecule is Fc1ccc(CCNc2ncccn2)cc1. The molecule has 1 heterocycles. The van der Waals surface area contributed by atoms with E-state index < -0.39 is 0 Å². The zero-order valence-electron chi connectivity index (χ0n) is 8.73. The van der Waals surface area contributed by atoms with E-state index in [1.165, 1.54) is 12.1 Å². The van der Waals surface area contributed by atoms with Crippen molar-refractivity contribution < 1.29 is 4.39 Å². The summed E-state index contributed by atoms with van der Waals surface area (Å²) in [6, 6.07) is 8.26. The van der Waals surface area contributed by atoms with Gasteiger partial charge in [-0.25, -0.2) is 14.4 Å². The maximum atomic E-state index is 12.6. The number of nitrogens with zero attached hydrogens (tertiary/aromatic N) is 2. The summed E-state index contributed by atoms with van der Waals surface area (Å²) < 4.78 is 12.6. The minimum Gasteiger partial charge on any atom is -0.354 e. The van der Waals surface area contributed by atoms with Crippen molar-refractivity contribution in [3.05, 3.63) is 54.1 Å². The van der Waals surface area contributed by atoms with Crippen LogP contribution in [0, 0.1) is 5.82 Å². The highest BCUT2D eigenvalue weighted by molar-refractivity contribution is 5.23. The van der Waals surface area contributed by atoms with Crippen LogP contribution in [0.3, 0.4) is 0 Å². The van der Waals surface area contributed by atoms with Gasteiger partial charge in [-0.1, -0.05) is 12.1 Å². The fraction of sp³-hybridized carbons (Fsp3) is 0.167. The number of aromatic nitrogens is 2. The first-order valence-corrected chi connectivity index (χ1v) is 5.10. The van der Waals surface area contributed by atoms with E-state index in [9.17, 15) is 4.39 Å². The molecule has 0 radical (unpaired) electrons. The predicted octanol–water partition coefficient (Wildman–Crippen LogP) is 2.27. The van der Waals surface area contributed by atoms with Crippen LogP contribution in [0.15, 0.2) is 42.7 Å². The second kappa shape index (κ2) is 5.21. The summed E-state index contributed by atoms with van der Waals surface area (Å²) in [6.45, 7) is 0.732. The lowest BCUT2D eigenvalue weighted by atomic mass is 10.1. The van der Waals surface area contributed by atoms with Gasteiger partial charge in [-0.2, -0.15) is 0 Å². The smallest absolute Gasteiger partial charge is 0.222 e. The molecule has 0 aliphatic heterocycles. The quantitative estimate of drug-likeness (QED) is 0.853. The van der Waals surface area contributed by atoms with E-state index in [0.717, 1.165) is 18.5 Å². The van der Waals surface area contributed by atoms with Gasteiger partial charge in [-0.05, 0) is 30.2 Å². The van der Waals surface area contributed by atoms with Crippen molar-refractivity contribution in [3.63, 3.8) is 0 Å². The van der Waals surface area contributed by atoms with Gasteiger partial charge in [-0.3, -0.25) is 0 Å². The second-order valence-corrected chi connectivity index (χ2v) is 3.38. The topological polar surface area (TPSA) is 37.8 Å². The molecule has 0 aliphatic carbocycles. The Hall–Kier alpha value is -1.97. The fourth-order valence-electron chi connectivity index (χ4n) is 1.36. The Bertz CT molecular complexity index is 428. The van der Waals surface area contributed by atoms with Crippen LogP contribution in [0.5, 0.6) is 0 Å². The number of hydrogen-bond donors (Lipinski definition) is 1. The number of nitrogens with one attached hydrogen (secondary N) is 1. The maximum absolute atomic E-state index is 12.6. The molecule has 1 aromatic carbocycles. The molecule has 82 valence electrons. The zero-order chi connectivity index (χ0) is 11.2. The molecule has 0 unspecified atom stereocenters. The Morgan fingerprint density at radius 2 is 1.75 bits per heavy atom.